The van der Waals surface area contributed by atoms with Crippen molar-refractivity contribution < 1.29 is 5.11 Å². The summed E-state index contributed by atoms with van der Waals surface area (Å²) in [7, 11) is 2.07. The molecule has 1 atom stereocenters. The Balaban J connectivity index is 2.01. The standard InChI is InChI=1S/C12H18N2O/c1-9(15)11-5-6-12(13-7-11)14(2)8-10-3-4-10/h5-7,9-10,15H,3-4,8H2,1-2H3/t9-/m0/s1. The van der Waals surface area contributed by atoms with Gasteiger partial charge >= 0.3 is 0 Å². The molecule has 1 heterocycles. The molecule has 15 heavy (non-hydrogen) atoms. The number of hydrogen-bond acceptors (Lipinski definition) is 3. The van der Waals surface area contributed by atoms with Crippen LogP contribution in [-0.4, -0.2) is 23.7 Å². The van der Waals surface area contributed by atoms with E-state index in [1.165, 1.54) is 12.8 Å². The lowest BCUT2D eigenvalue weighted by Gasteiger charge is -2.18. The van der Waals surface area contributed by atoms with Gasteiger partial charge in [0.2, 0.25) is 0 Å². The fourth-order valence-corrected chi connectivity index (χ4v) is 1.65. The third kappa shape index (κ3) is 2.69. The van der Waals surface area contributed by atoms with Gasteiger partial charge in [0.25, 0.3) is 0 Å². The molecule has 3 nitrogen and oxygen atoms in total. The lowest BCUT2D eigenvalue weighted by Crippen LogP contribution is -2.20. The van der Waals surface area contributed by atoms with E-state index >= 15 is 0 Å². The van der Waals surface area contributed by atoms with Gasteiger partial charge in [-0.15, -0.1) is 0 Å². The zero-order chi connectivity index (χ0) is 10.8. The molecule has 1 aliphatic rings. The zero-order valence-corrected chi connectivity index (χ0v) is 9.35. The first kappa shape index (κ1) is 10.4. The van der Waals surface area contributed by atoms with E-state index in [2.05, 4.69) is 16.9 Å². The van der Waals surface area contributed by atoms with Gasteiger partial charge in [-0.25, -0.2) is 4.98 Å². The summed E-state index contributed by atoms with van der Waals surface area (Å²) in [6.45, 7) is 2.85. The predicted molar refractivity (Wildman–Crippen MR) is 60.9 cm³/mol. The monoisotopic (exact) mass is 206 g/mol. The average molecular weight is 206 g/mol. The first-order valence-corrected chi connectivity index (χ1v) is 5.52. The number of rotatable bonds is 4. The highest BCUT2D eigenvalue weighted by Gasteiger charge is 2.23. The second-order valence-corrected chi connectivity index (χ2v) is 4.45. The molecule has 1 aromatic heterocycles. The smallest absolute Gasteiger partial charge is 0.128 e. The Morgan fingerprint density at radius 1 is 1.53 bits per heavy atom. The molecule has 1 fully saturated rings. The summed E-state index contributed by atoms with van der Waals surface area (Å²) in [5, 5.41) is 9.36. The van der Waals surface area contributed by atoms with Crippen LogP contribution in [0.4, 0.5) is 5.82 Å². The number of aliphatic hydroxyl groups excluding tert-OH is 1. The van der Waals surface area contributed by atoms with Crippen LogP contribution in [-0.2, 0) is 0 Å². The highest BCUT2D eigenvalue weighted by molar-refractivity contribution is 5.38. The molecule has 1 aliphatic carbocycles. The van der Waals surface area contributed by atoms with Gasteiger partial charge in [-0.2, -0.15) is 0 Å². The first-order valence-electron chi connectivity index (χ1n) is 5.52. The van der Waals surface area contributed by atoms with Gasteiger partial charge in [0.1, 0.15) is 5.82 Å². The molecule has 0 aromatic carbocycles. The lowest BCUT2D eigenvalue weighted by atomic mass is 10.2. The summed E-state index contributed by atoms with van der Waals surface area (Å²) in [6.07, 6.45) is 4.04. The molecule has 3 heteroatoms. The Kier molecular flexibility index (Phi) is 2.91. The van der Waals surface area contributed by atoms with E-state index < -0.39 is 6.10 Å². The van der Waals surface area contributed by atoms with E-state index in [0.717, 1.165) is 23.8 Å². The van der Waals surface area contributed by atoms with Crippen molar-refractivity contribution >= 4 is 5.82 Å². The number of aliphatic hydroxyl groups is 1. The van der Waals surface area contributed by atoms with Gasteiger partial charge < -0.3 is 10.0 Å². The number of nitrogens with zero attached hydrogens (tertiary/aromatic N) is 2. The van der Waals surface area contributed by atoms with E-state index in [1.54, 1.807) is 13.1 Å². The normalized spacial score (nSPS) is 17.5. The maximum absolute atomic E-state index is 9.36. The summed E-state index contributed by atoms with van der Waals surface area (Å²) in [5.74, 6) is 1.86. The molecule has 0 aliphatic heterocycles. The molecule has 0 unspecified atom stereocenters. The van der Waals surface area contributed by atoms with E-state index in [0.29, 0.717) is 0 Å². The Hall–Kier alpha value is -1.09. The summed E-state index contributed by atoms with van der Waals surface area (Å²) in [5.41, 5.74) is 0.874. The molecule has 0 bridgehead atoms. The molecule has 0 radical (unpaired) electrons. The van der Waals surface area contributed by atoms with Crippen LogP contribution < -0.4 is 4.90 Å². The predicted octanol–water partition coefficient (Wildman–Crippen LogP) is 1.98. The lowest BCUT2D eigenvalue weighted by molar-refractivity contribution is 0.199. The van der Waals surface area contributed by atoms with Gasteiger partial charge in [0.05, 0.1) is 6.10 Å². The van der Waals surface area contributed by atoms with Gasteiger partial charge in [0.15, 0.2) is 0 Å². The Morgan fingerprint density at radius 2 is 2.27 bits per heavy atom. The largest absolute Gasteiger partial charge is 0.389 e. The molecule has 0 saturated heterocycles. The van der Waals surface area contributed by atoms with Gasteiger partial charge in [-0.1, -0.05) is 6.07 Å². The minimum Gasteiger partial charge on any atom is -0.389 e. The van der Waals surface area contributed by atoms with Crippen LogP contribution in [0.1, 0.15) is 31.4 Å². The van der Waals surface area contributed by atoms with Crippen molar-refractivity contribution in [3.8, 4) is 0 Å². The van der Waals surface area contributed by atoms with Crippen molar-refractivity contribution in [1.29, 1.82) is 0 Å². The van der Waals surface area contributed by atoms with Crippen molar-refractivity contribution in [2.45, 2.75) is 25.9 Å². The molecule has 0 spiro atoms. The molecule has 1 N–H and O–H groups in total. The quantitative estimate of drug-likeness (QED) is 0.818. The van der Waals surface area contributed by atoms with Crippen LogP contribution in [0.15, 0.2) is 18.3 Å². The van der Waals surface area contributed by atoms with Gasteiger partial charge in [-0.05, 0) is 37.3 Å². The van der Waals surface area contributed by atoms with Crippen LogP contribution in [0.25, 0.3) is 0 Å². The molecule has 1 aromatic rings. The highest BCUT2D eigenvalue weighted by atomic mass is 16.3. The third-order valence-corrected chi connectivity index (χ3v) is 2.87. The van der Waals surface area contributed by atoms with Crippen LogP contribution in [0.2, 0.25) is 0 Å². The second-order valence-electron chi connectivity index (χ2n) is 4.45. The van der Waals surface area contributed by atoms with Crippen LogP contribution in [0, 0.1) is 5.92 Å². The van der Waals surface area contributed by atoms with Crippen molar-refractivity contribution in [3.05, 3.63) is 23.9 Å². The van der Waals surface area contributed by atoms with E-state index in [9.17, 15) is 5.11 Å². The maximum Gasteiger partial charge on any atom is 0.128 e. The maximum atomic E-state index is 9.36. The summed E-state index contributed by atoms with van der Waals surface area (Å²) in [4.78, 5) is 6.53. The van der Waals surface area contributed by atoms with Crippen molar-refractivity contribution in [3.63, 3.8) is 0 Å². The molecule has 0 amide bonds. The van der Waals surface area contributed by atoms with Gasteiger partial charge in [0, 0.05) is 19.8 Å². The fraction of sp³-hybridized carbons (Fsp3) is 0.583. The van der Waals surface area contributed by atoms with Crippen LogP contribution >= 0.6 is 0 Å². The Morgan fingerprint density at radius 3 is 2.73 bits per heavy atom. The average Bonchev–Trinajstić information content (AvgIpc) is 3.02. The van der Waals surface area contributed by atoms with Crippen LogP contribution in [0.5, 0.6) is 0 Å². The van der Waals surface area contributed by atoms with Crippen molar-refractivity contribution in [2.24, 2.45) is 5.92 Å². The van der Waals surface area contributed by atoms with E-state index in [1.807, 2.05) is 12.1 Å². The molecule has 2 rings (SSSR count). The number of pyridine rings is 1. The van der Waals surface area contributed by atoms with Gasteiger partial charge in [-0.3, -0.25) is 0 Å². The molecular weight excluding hydrogens is 188 g/mol. The topological polar surface area (TPSA) is 36.4 Å². The van der Waals surface area contributed by atoms with E-state index in [-0.39, 0.29) is 0 Å². The number of anilines is 1. The number of hydrogen-bond donors (Lipinski definition) is 1. The zero-order valence-electron chi connectivity index (χ0n) is 9.35. The summed E-state index contributed by atoms with van der Waals surface area (Å²) < 4.78 is 0. The SMILES string of the molecule is C[C@H](O)c1ccc(N(C)CC2CC2)nc1. The Labute approximate surface area is 90.8 Å². The summed E-state index contributed by atoms with van der Waals surface area (Å²) in [6, 6.07) is 3.92. The molecular formula is C12H18N2O. The Bertz CT molecular complexity index is 317. The van der Waals surface area contributed by atoms with Crippen molar-refractivity contribution in [1.82, 2.24) is 4.98 Å². The highest BCUT2D eigenvalue weighted by Crippen LogP contribution is 2.30. The summed E-state index contributed by atoms with van der Waals surface area (Å²) >= 11 is 0. The third-order valence-electron chi connectivity index (χ3n) is 2.87. The van der Waals surface area contributed by atoms with E-state index in [4.69, 9.17) is 0 Å². The van der Waals surface area contributed by atoms with Crippen LogP contribution in [0.3, 0.4) is 0 Å². The molecule has 82 valence electrons. The van der Waals surface area contributed by atoms with Crippen molar-refractivity contribution in [2.75, 3.05) is 18.5 Å². The number of aromatic nitrogens is 1. The molecule has 1 saturated carbocycles. The minimum atomic E-state index is -0.430. The second kappa shape index (κ2) is 4.19. The minimum absolute atomic E-state index is 0.430. The first-order chi connectivity index (χ1) is 7.16. The fourth-order valence-electron chi connectivity index (χ4n) is 1.65.